The summed E-state index contributed by atoms with van der Waals surface area (Å²) >= 11 is 3.36. The number of hydrogen-bond donors (Lipinski definition) is 1. The molecule has 1 unspecified atom stereocenters. The average Bonchev–Trinajstić information content (AvgIpc) is 2.20. The van der Waals surface area contributed by atoms with E-state index in [2.05, 4.69) is 39.8 Å². The Morgan fingerprint density at radius 2 is 2.20 bits per heavy atom. The smallest absolute Gasteiger partial charge is 0.0544 e. The standard InChI is InChI=1S/C10H16BrN3.ClH/c1-8(5-12)14(2)7-10-4-3-9(11)6-13-10;/h3-4,6,8H,5,7,12H2,1-2H3;1H. The molecule has 0 bridgehead atoms. The molecule has 0 radical (unpaired) electrons. The van der Waals surface area contributed by atoms with Crippen LogP contribution in [0.15, 0.2) is 22.8 Å². The third-order valence-corrected chi connectivity index (χ3v) is 2.76. The van der Waals surface area contributed by atoms with E-state index in [0.29, 0.717) is 12.6 Å². The summed E-state index contributed by atoms with van der Waals surface area (Å²) in [4.78, 5) is 6.50. The zero-order valence-electron chi connectivity index (χ0n) is 8.98. The molecule has 15 heavy (non-hydrogen) atoms. The molecular weight excluding hydrogens is 277 g/mol. The van der Waals surface area contributed by atoms with Gasteiger partial charge in [0.05, 0.1) is 5.69 Å². The average molecular weight is 295 g/mol. The van der Waals surface area contributed by atoms with E-state index in [1.54, 1.807) is 0 Å². The molecule has 1 heterocycles. The van der Waals surface area contributed by atoms with E-state index in [1.807, 2.05) is 18.3 Å². The van der Waals surface area contributed by atoms with E-state index in [-0.39, 0.29) is 12.4 Å². The molecule has 0 aromatic carbocycles. The lowest BCUT2D eigenvalue weighted by Crippen LogP contribution is -2.34. The number of aromatic nitrogens is 1. The van der Waals surface area contributed by atoms with Crippen LogP contribution in [0.25, 0.3) is 0 Å². The van der Waals surface area contributed by atoms with Crippen molar-refractivity contribution in [1.29, 1.82) is 0 Å². The van der Waals surface area contributed by atoms with Crippen molar-refractivity contribution in [3.05, 3.63) is 28.5 Å². The largest absolute Gasteiger partial charge is 0.329 e. The molecule has 1 atom stereocenters. The molecule has 2 N–H and O–H groups in total. The highest BCUT2D eigenvalue weighted by Crippen LogP contribution is 2.09. The second-order valence-electron chi connectivity index (χ2n) is 3.47. The van der Waals surface area contributed by atoms with Crippen molar-refractivity contribution in [3.63, 3.8) is 0 Å². The number of halogens is 2. The van der Waals surface area contributed by atoms with Gasteiger partial charge in [0.25, 0.3) is 0 Å². The normalized spacial score (nSPS) is 12.3. The van der Waals surface area contributed by atoms with Gasteiger partial charge in [-0.1, -0.05) is 0 Å². The van der Waals surface area contributed by atoms with Crippen LogP contribution in [0.1, 0.15) is 12.6 Å². The van der Waals surface area contributed by atoms with Gasteiger partial charge in [-0.25, -0.2) is 0 Å². The summed E-state index contributed by atoms with van der Waals surface area (Å²) in [5.74, 6) is 0. The van der Waals surface area contributed by atoms with Crippen molar-refractivity contribution < 1.29 is 0 Å². The van der Waals surface area contributed by atoms with Gasteiger partial charge in [0.1, 0.15) is 0 Å². The number of pyridine rings is 1. The third-order valence-electron chi connectivity index (χ3n) is 2.29. The van der Waals surface area contributed by atoms with Crippen molar-refractivity contribution in [2.75, 3.05) is 13.6 Å². The molecular formula is C10H17BrClN3. The van der Waals surface area contributed by atoms with Gasteiger partial charge in [-0.15, -0.1) is 12.4 Å². The first-order chi connectivity index (χ1) is 6.63. The lowest BCUT2D eigenvalue weighted by Gasteiger charge is -2.22. The van der Waals surface area contributed by atoms with E-state index in [9.17, 15) is 0 Å². The van der Waals surface area contributed by atoms with E-state index in [4.69, 9.17) is 5.73 Å². The molecule has 0 spiro atoms. The van der Waals surface area contributed by atoms with Crippen molar-refractivity contribution in [2.45, 2.75) is 19.5 Å². The Hall–Kier alpha value is -0.160. The highest BCUT2D eigenvalue weighted by Gasteiger charge is 2.07. The van der Waals surface area contributed by atoms with Gasteiger partial charge >= 0.3 is 0 Å². The second kappa shape index (κ2) is 7.17. The molecule has 1 aromatic heterocycles. The molecule has 86 valence electrons. The zero-order chi connectivity index (χ0) is 10.6. The Kier molecular flexibility index (Phi) is 7.09. The molecule has 1 rings (SSSR count). The predicted molar refractivity (Wildman–Crippen MR) is 69.2 cm³/mol. The van der Waals surface area contributed by atoms with Crippen molar-refractivity contribution in [1.82, 2.24) is 9.88 Å². The molecule has 3 nitrogen and oxygen atoms in total. The fourth-order valence-corrected chi connectivity index (χ4v) is 1.33. The van der Waals surface area contributed by atoms with Gasteiger partial charge in [0, 0.05) is 29.8 Å². The monoisotopic (exact) mass is 293 g/mol. The summed E-state index contributed by atoms with van der Waals surface area (Å²) in [7, 11) is 2.06. The van der Waals surface area contributed by atoms with Crippen LogP contribution >= 0.6 is 28.3 Å². The summed E-state index contributed by atoms with van der Waals surface area (Å²) < 4.78 is 1.01. The first kappa shape index (κ1) is 14.8. The van der Waals surface area contributed by atoms with Crippen LogP contribution in [0.2, 0.25) is 0 Å². The molecule has 0 aliphatic heterocycles. The Morgan fingerprint density at radius 1 is 1.53 bits per heavy atom. The zero-order valence-corrected chi connectivity index (χ0v) is 11.4. The van der Waals surface area contributed by atoms with Crippen LogP contribution in [-0.4, -0.2) is 29.5 Å². The first-order valence-corrected chi connectivity index (χ1v) is 5.43. The van der Waals surface area contributed by atoms with E-state index in [1.165, 1.54) is 0 Å². The maximum Gasteiger partial charge on any atom is 0.0544 e. The number of hydrogen-bond acceptors (Lipinski definition) is 3. The van der Waals surface area contributed by atoms with Crippen molar-refractivity contribution in [3.8, 4) is 0 Å². The molecule has 0 aliphatic rings. The van der Waals surface area contributed by atoms with Gasteiger partial charge in [-0.3, -0.25) is 9.88 Å². The van der Waals surface area contributed by atoms with Gasteiger partial charge in [0.2, 0.25) is 0 Å². The fraction of sp³-hybridized carbons (Fsp3) is 0.500. The molecule has 5 heteroatoms. The molecule has 0 saturated carbocycles. The topological polar surface area (TPSA) is 42.1 Å². The van der Waals surface area contributed by atoms with E-state index >= 15 is 0 Å². The predicted octanol–water partition coefficient (Wildman–Crippen LogP) is 2.04. The maximum atomic E-state index is 5.58. The minimum absolute atomic E-state index is 0. The Bertz CT molecular complexity index is 279. The third kappa shape index (κ3) is 4.93. The molecule has 0 amide bonds. The lowest BCUT2D eigenvalue weighted by molar-refractivity contribution is 0.252. The molecule has 0 saturated heterocycles. The fourth-order valence-electron chi connectivity index (χ4n) is 1.09. The summed E-state index contributed by atoms with van der Waals surface area (Å²) in [6.45, 7) is 3.62. The van der Waals surface area contributed by atoms with Crippen LogP contribution in [0.5, 0.6) is 0 Å². The Morgan fingerprint density at radius 3 is 2.67 bits per heavy atom. The molecule has 0 fully saturated rings. The lowest BCUT2D eigenvalue weighted by atomic mass is 10.2. The minimum Gasteiger partial charge on any atom is -0.329 e. The van der Waals surface area contributed by atoms with Gasteiger partial charge < -0.3 is 5.73 Å². The highest BCUT2D eigenvalue weighted by molar-refractivity contribution is 9.10. The Labute approximate surface area is 106 Å². The van der Waals surface area contributed by atoms with Crippen molar-refractivity contribution >= 4 is 28.3 Å². The van der Waals surface area contributed by atoms with Crippen molar-refractivity contribution in [2.24, 2.45) is 5.73 Å². The van der Waals surface area contributed by atoms with E-state index in [0.717, 1.165) is 16.7 Å². The summed E-state index contributed by atoms with van der Waals surface area (Å²) in [6, 6.07) is 4.41. The quantitative estimate of drug-likeness (QED) is 0.924. The minimum atomic E-state index is 0. The first-order valence-electron chi connectivity index (χ1n) is 4.64. The second-order valence-corrected chi connectivity index (χ2v) is 4.38. The van der Waals surface area contributed by atoms with Gasteiger partial charge in [-0.2, -0.15) is 0 Å². The maximum absolute atomic E-state index is 5.58. The van der Waals surface area contributed by atoms with Crippen LogP contribution in [-0.2, 0) is 6.54 Å². The SMILES string of the molecule is CC(CN)N(C)Cc1ccc(Br)cn1.Cl. The Balaban J connectivity index is 0.00000196. The van der Waals surface area contributed by atoms with Crippen LogP contribution in [0, 0.1) is 0 Å². The van der Waals surface area contributed by atoms with Gasteiger partial charge in [-0.05, 0) is 42.0 Å². The van der Waals surface area contributed by atoms with Crippen LogP contribution in [0.3, 0.4) is 0 Å². The van der Waals surface area contributed by atoms with Crippen LogP contribution < -0.4 is 5.73 Å². The molecule has 1 aromatic rings. The number of rotatable bonds is 4. The number of nitrogens with zero attached hydrogens (tertiary/aromatic N) is 2. The summed E-state index contributed by atoms with van der Waals surface area (Å²) in [6.07, 6.45) is 1.82. The number of likely N-dealkylation sites (N-methyl/N-ethyl adjacent to an activating group) is 1. The van der Waals surface area contributed by atoms with E-state index < -0.39 is 0 Å². The highest BCUT2D eigenvalue weighted by atomic mass is 79.9. The summed E-state index contributed by atoms with van der Waals surface area (Å²) in [5.41, 5.74) is 6.65. The molecule has 0 aliphatic carbocycles. The number of nitrogens with two attached hydrogens (primary N) is 1. The van der Waals surface area contributed by atoms with Crippen LogP contribution in [0.4, 0.5) is 0 Å². The summed E-state index contributed by atoms with van der Waals surface area (Å²) in [5, 5.41) is 0. The van der Waals surface area contributed by atoms with Gasteiger partial charge in [0.15, 0.2) is 0 Å².